The molecule has 0 aliphatic heterocycles. The lowest BCUT2D eigenvalue weighted by Crippen LogP contribution is -1.98. The highest BCUT2D eigenvalue weighted by Gasteiger charge is 2.11. The van der Waals surface area contributed by atoms with E-state index in [1.165, 1.54) is 0 Å². The largest absolute Gasteiger partial charge is 0.494 e. The van der Waals surface area contributed by atoms with Crippen LogP contribution in [0, 0.1) is 6.92 Å². The maximum absolute atomic E-state index is 11.0. The summed E-state index contributed by atoms with van der Waals surface area (Å²) in [6.45, 7) is 1.85. The van der Waals surface area contributed by atoms with Crippen molar-refractivity contribution in [3.05, 3.63) is 47.7 Å². The van der Waals surface area contributed by atoms with Crippen LogP contribution in [0.2, 0.25) is 0 Å². The summed E-state index contributed by atoms with van der Waals surface area (Å²) in [5.41, 5.74) is 2.51. The van der Waals surface area contributed by atoms with Gasteiger partial charge < -0.3 is 9.84 Å². The number of aryl methyl sites for hydroxylation is 1. The van der Waals surface area contributed by atoms with Gasteiger partial charge in [0.1, 0.15) is 11.4 Å². The molecule has 0 aliphatic rings. The molecule has 1 heterocycles. The topological polar surface area (TPSA) is 59.4 Å². The lowest BCUT2D eigenvalue weighted by atomic mass is 10.0. The average Bonchev–Trinajstić information content (AvgIpc) is 2.38. The van der Waals surface area contributed by atoms with Crippen molar-refractivity contribution >= 4 is 5.97 Å². The van der Waals surface area contributed by atoms with E-state index in [-0.39, 0.29) is 5.56 Å². The Balaban J connectivity index is 2.60. The highest BCUT2D eigenvalue weighted by molar-refractivity contribution is 5.89. The number of ether oxygens (including phenoxy) is 1. The van der Waals surface area contributed by atoms with E-state index in [9.17, 15) is 4.79 Å². The van der Waals surface area contributed by atoms with Gasteiger partial charge in [0.25, 0.3) is 0 Å². The van der Waals surface area contributed by atoms with Gasteiger partial charge in [-0.05, 0) is 42.8 Å². The summed E-state index contributed by atoms with van der Waals surface area (Å²) >= 11 is 0. The quantitative estimate of drug-likeness (QED) is 0.900. The number of rotatable bonds is 3. The van der Waals surface area contributed by atoms with E-state index < -0.39 is 5.97 Å². The minimum Gasteiger partial charge on any atom is -0.494 e. The summed E-state index contributed by atoms with van der Waals surface area (Å²) < 4.78 is 5.23. The fourth-order valence-corrected chi connectivity index (χ4v) is 1.82. The molecule has 1 aromatic carbocycles. The molecule has 0 amide bonds. The number of carbonyl (C=O) groups is 1. The van der Waals surface area contributed by atoms with Gasteiger partial charge >= 0.3 is 5.97 Å². The van der Waals surface area contributed by atoms with Crippen LogP contribution in [0.4, 0.5) is 0 Å². The van der Waals surface area contributed by atoms with Crippen LogP contribution in [0.15, 0.2) is 36.5 Å². The number of aromatic carboxylic acids is 1. The second kappa shape index (κ2) is 4.87. The van der Waals surface area contributed by atoms with E-state index in [0.717, 1.165) is 11.1 Å². The summed E-state index contributed by atoms with van der Waals surface area (Å²) in [6.07, 6.45) is 1.65. The summed E-state index contributed by atoms with van der Waals surface area (Å²) in [7, 11) is 1.56. The average molecular weight is 243 g/mol. The SMILES string of the molecule is COc1cccnc1-c1cc(C)cc(C(=O)O)c1. The predicted octanol–water partition coefficient (Wildman–Crippen LogP) is 2.76. The maximum atomic E-state index is 11.0. The third-order valence-electron chi connectivity index (χ3n) is 2.59. The molecular formula is C14H13NO3. The number of carboxylic acids is 1. The van der Waals surface area contributed by atoms with E-state index in [2.05, 4.69) is 4.98 Å². The summed E-state index contributed by atoms with van der Waals surface area (Å²) in [5, 5.41) is 9.06. The van der Waals surface area contributed by atoms with Crippen molar-refractivity contribution in [1.82, 2.24) is 4.98 Å². The van der Waals surface area contributed by atoms with Gasteiger partial charge in [0.05, 0.1) is 12.7 Å². The number of carboxylic acid groups (broad SMARTS) is 1. The third kappa shape index (κ3) is 2.32. The molecule has 0 fully saturated rings. The number of hydrogen-bond donors (Lipinski definition) is 1. The van der Waals surface area contributed by atoms with E-state index >= 15 is 0 Å². The van der Waals surface area contributed by atoms with Gasteiger partial charge in [-0.1, -0.05) is 0 Å². The zero-order chi connectivity index (χ0) is 13.1. The number of benzene rings is 1. The van der Waals surface area contributed by atoms with Gasteiger partial charge in [-0.15, -0.1) is 0 Å². The molecular weight excluding hydrogens is 230 g/mol. The minimum absolute atomic E-state index is 0.248. The molecule has 0 radical (unpaired) electrons. The number of hydrogen-bond acceptors (Lipinski definition) is 3. The lowest BCUT2D eigenvalue weighted by Gasteiger charge is -2.08. The van der Waals surface area contributed by atoms with Crippen molar-refractivity contribution < 1.29 is 14.6 Å². The predicted molar refractivity (Wildman–Crippen MR) is 67.9 cm³/mol. The van der Waals surface area contributed by atoms with Crippen LogP contribution in [0.1, 0.15) is 15.9 Å². The molecule has 0 unspecified atom stereocenters. The molecule has 92 valence electrons. The molecule has 1 N–H and O–H groups in total. The van der Waals surface area contributed by atoms with Gasteiger partial charge in [0.2, 0.25) is 0 Å². The normalized spacial score (nSPS) is 10.1. The van der Waals surface area contributed by atoms with Crippen molar-refractivity contribution in [3.8, 4) is 17.0 Å². The monoisotopic (exact) mass is 243 g/mol. The fraction of sp³-hybridized carbons (Fsp3) is 0.143. The van der Waals surface area contributed by atoms with Crippen molar-refractivity contribution in [2.75, 3.05) is 7.11 Å². The highest BCUT2D eigenvalue weighted by atomic mass is 16.5. The zero-order valence-corrected chi connectivity index (χ0v) is 10.2. The molecule has 0 saturated heterocycles. The zero-order valence-electron chi connectivity index (χ0n) is 10.2. The molecule has 2 aromatic rings. The lowest BCUT2D eigenvalue weighted by molar-refractivity contribution is 0.0697. The van der Waals surface area contributed by atoms with E-state index in [1.54, 1.807) is 37.6 Å². The first-order valence-corrected chi connectivity index (χ1v) is 5.46. The van der Waals surface area contributed by atoms with Crippen molar-refractivity contribution in [2.45, 2.75) is 6.92 Å². The van der Waals surface area contributed by atoms with Gasteiger partial charge in [-0.3, -0.25) is 4.98 Å². The Labute approximate surface area is 105 Å². The van der Waals surface area contributed by atoms with Crippen LogP contribution in [0.25, 0.3) is 11.3 Å². The number of pyridine rings is 1. The Hall–Kier alpha value is -2.36. The minimum atomic E-state index is -0.949. The van der Waals surface area contributed by atoms with Gasteiger partial charge in [0, 0.05) is 11.8 Å². The van der Waals surface area contributed by atoms with Crippen LogP contribution in [-0.4, -0.2) is 23.2 Å². The second-order valence-corrected chi connectivity index (χ2v) is 3.95. The van der Waals surface area contributed by atoms with Gasteiger partial charge in [-0.25, -0.2) is 4.79 Å². The summed E-state index contributed by atoms with van der Waals surface area (Å²) in [4.78, 5) is 15.3. The summed E-state index contributed by atoms with van der Waals surface area (Å²) in [5.74, 6) is -0.325. The first kappa shape index (κ1) is 12.1. The first-order chi connectivity index (χ1) is 8.61. The molecule has 18 heavy (non-hydrogen) atoms. The van der Waals surface area contributed by atoms with Gasteiger partial charge in [0.15, 0.2) is 0 Å². The van der Waals surface area contributed by atoms with Crippen LogP contribution in [0.5, 0.6) is 5.75 Å². The maximum Gasteiger partial charge on any atom is 0.335 e. The van der Waals surface area contributed by atoms with E-state index in [4.69, 9.17) is 9.84 Å². The molecule has 1 aromatic heterocycles. The molecule has 0 saturated carbocycles. The molecule has 0 spiro atoms. The molecule has 2 rings (SSSR count). The Morgan fingerprint density at radius 1 is 1.33 bits per heavy atom. The number of methoxy groups -OCH3 is 1. The van der Waals surface area contributed by atoms with Crippen LogP contribution in [0.3, 0.4) is 0 Å². The van der Waals surface area contributed by atoms with Crippen LogP contribution < -0.4 is 4.74 Å². The number of aromatic nitrogens is 1. The van der Waals surface area contributed by atoms with E-state index in [0.29, 0.717) is 11.4 Å². The Bertz CT molecular complexity index is 593. The summed E-state index contributed by atoms with van der Waals surface area (Å²) in [6, 6.07) is 8.68. The number of nitrogens with zero attached hydrogens (tertiary/aromatic N) is 1. The Morgan fingerprint density at radius 2 is 2.11 bits per heavy atom. The molecule has 0 atom stereocenters. The third-order valence-corrected chi connectivity index (χ3v) is 2.59. The standard InChI is InChI=1S/C14H13NO3/c1-9-6-10(8-11(7-9)14(16)17)13-12(18-2)4-3-5-15-13/h3-8H,1-2H3,(H,16,17). The van der Waals surface area contributed by atoms with Crippen LogP contribution >= 0.6 is 0 Å². The molecule has 0 aliphatic carbocycles. The second-order valence-electron chi connectivity index (χ2n) is 3.95. The first-order valence-electron chi connectivity index (χ1n) is 5.46. The fourth-order valence-electron chi connectivity index (χ4n) is 1.82. The van der Waals surface area contributed by atoms with Crippen molar-refractivity contribution in [2.24, 2.45) is 0 Å². The Kier molecular flexibility index (Phi) is 3.28. The van der Waals surface area contributed by atoms with E-state index in [1.807, 2.05) is 13.0 Å². The molecule has 4 heteroatoms. The van der Waals surface area contributed by atoms with Gasteiger partial charge in [-0.2, -0.15) is 0 Å². The van der Waals surface area contributed by atoms with Crippen LogP contribution in [-0.2, 0) is 0 Å². The Morgan fingerprint density at radius 3 is 2.78 bits per heavy atom. The van der Waals surface area contributed by atoms with Crippen molar-refractivity contribution in [1.29, 1.82) is 0 Å². The smallest absolute Gasteiger partial charge is 0.335 e. The molecule has 4 nitrogen and oxygen atoms in total. The van der Waals surface area contributed by atoms with Crippen molar-refractivity contribution in [3.63, 3.8) is 0 Å². The highest BCUT2D eigenvalue weighted by Crippen LogP contribution is 2.28. The molecule has 0 bridgehead atoms.